The number of hydrogen-bond acceptors (Lipinski definition) is 5. The molecule has 0 saturated carbocycles. The molecule has 0 spiro atoms. The first-order valence-corrected chi connectivity index (χ1v) is 7.55. The molecular formula is C16H16ClN3O4. The molecule has 126 valence electrons. The van der Waals surface area contributed by atoms with Crippen LogP contribution in [0.4, 0.5) is 0 Å². The van der Waals surface area contributed by atoms with Gasteiger partial charge in [-0.2, -0.15) is 5.10 Å². The topological polar surface area (TPSA) is 90.3 Å². The fraction of sp³-hybridized carbons (Fsp3) is 0.250. The van der Waals surface area contributed by atoms with Crippen LogP contribution in [0.5, 0.6) is 0 Å². The predicted molar refractivity (Wildman–Crippen MR) is 88.6 cm³/mol. The summed E-state index contributed by atoms with van der Waals surface area (Å²) in [6.07, 6.45) is 0.0649. The number of methoxy groups -OCH3 is 1. The van der Waals surface area contributed by atoms with Crippen LogP contribution in [0, 0.1) is 0 Å². The SMILES string of the molecule is COC(=O)CCNC(=O)Cn1nc(-c2ccc(Cl)cc2)ccc1=O. The van der Waals surface area contributed by atoms with E-state index in [1.165, 1.54) is 13.2 Å². The Morgan fingerprint density at radius 2 is 1.92 bits per heavy atom. The van der Waals surface area contributed by atoms with Gasteiger partial charge >= 0.3 is 5.97 Å². The van der Waals surface area contributed by atoms with Crippen molar-refractivity contribution in [1.29, 1.82) is 0 Å². The molecular weight excluding hydrogens is 334 g/mol. The van der Waals surface area contributed by atoms with Gasteiger partial charge in [-0.15, -0.1) is 0 Å². The quantitative estimate of drug-likeness (QED) is 0.792. The van der Waals surface area contributed by atoms with E-state index in [-0.39, 0.29) is 19.5 Å². The van der Waals surface area contributed by atoms with Gasteiger partial charge in [0.25, 0.3) is 5.56 Å². The largest absolute Gasteiger partial charge is 0.469 e. The first-order valence-electron chi connectivity index (χ1n) is 7.17. The smallest absolute Gasteiger partial charge is 0.307 e. The summed E-state index contributed by atoms with van der Waals surface area (Å²) < 4.78 is 5.54. The highest BCUT2D eigenvalue weighted by molar-refractivity contribution is 6.30. The minimum Gasteiger partial charge on any atom is -0.469 e. The number of halogens is 1. The van der Waals surface area contributed by atoms with Gasteiger partial charge < -0.3 is 10.1 Å². The Morgan fingerprint density at radius 1 is 1.21 bits per heavy atom. The summed E-state index contributed by atoms with van der Waals surface area (Å²) in [5.41, 5.74) is 0.934. The molecule has 0 aliphatic carbocycles. The summed E-state index contributed by atoms with van der Waals surface area (Å²) >= 11 is 5.84. The molecule has 0 saturated heterocycles. The van der Waals surface area contributed by atoms with Crippen molar-refractivity contribution in [3.05, 3.63) is 51.8 Å². The van der Waals surface area contributed by atoms with Crippen molar-refractivity contribution in [2.24, 2.45) is 0 Å². The number of hydrogen-bond donors (Lipinski definition) is 1. The molecule has 0 unspecified atom stereocenters. The zero-order chi connectivity index (χ0) is 17.5. The molecule has 1 N–H and O–H groups in total. The number of rotatable bonds is 6. The van der Waals surface area contributed by atoms with Crippen molar-refractivity contribution in [2.45, 2.75) is 13.0 Å². The Morgan fingerprint density at radius 3 is 2.58 bits per heavy atom. The summed E-state index contributed by atoms with van der Waals surface area (Å²) in [4.78, 5) is 34.7. The molecule has 1 heterocycles. The fourth-order valence-corrected chi connectivity index (χ4v) is 2.06. The van der Waals surface area contributed by atoms with Crippen molar-refractivity contribution in [3.63, 3.8) is 0 Å². The van der Waals surface area contributed by atoms with Crippen LogP contribution in [0.3, 0.4) is 0 Å². The number of nitrogens with one attached hydrogen (secondary N) is 1. The second-order valence-electron chi connectivity index (χ2n) is 4.90. The highest BCUT2D eigenvalue weighted by Gasteiger charge is 2.09. The maximum absolute atomic E-state index is 11.8. The lowest BCUT2D eigenvalue weighted by Crippen LogP contribution is -2.34. The van der Waals surface area contributed by atoms with E-state index in [1.54, 1.807) is 30.3 Å². The Labute approximate surface area is 143 Å². The van der Waals surface area contributed by atoms with Crippen LogP contribution >= 0.6 is 11.6 Å². The first-order chi connectivity index (χ1) is 11.5. The Balaban J connectivity index is 2.06. The average Bonchev–Trinajstić information content (AvgIpc) is 2.57. The van der Waals surface area contributed by atoms with Gasteiger partial charge in [0.1, 0.15) is 6.54 Å². The van der Waals surface area contributed by atoms with Crippen LogP contribution in [-0.4, -0.2) is 35.3 Å². The Bertz CT molecular complexity index is 787. The van der Waals surface area contributed by atoms with Gasteiger partial charge in [0.15, 0.2) is 0 Å². The second-order valence-corrected chi connectivity index (χ2v) is 5.33. The summed E-state index contributed by atoms with van der Waals surface area (Å²) in [5, 5.41) is 7.31. The van der Waals surface area contributed by atoms with E-state index in [4.69, 9.17) is 11.6 Å². The number of amides is 1. The van der Waals surface area contributed by atoms with Crippen LogP contribution in [0.25, 0.3) is 11.3 Å². The summed E-state index contributed by atoms with van der Waals surface area (Å²) in [6, 6.07) is 9.91. The molecule has 1 aromatic heterocycles. The molecule has 1 amide bonds. The van der Waals surface area contributed by atoms with E-state index in [9.17, 15) is 14.4 Å². The van der Waals surface area contributed by atoms with Gasteiger partial charge in [0.05, 0.1) is 19.2 Å². The molecule has 0 bridgehead atoms. The molecule has 0 fully saturated rings. The van der Waals surface area contributed by atoms with E-state index in [0.29, 0.717) is 10.7 Å². The van der Waals surface area contributed by atoms with Crippen molar-refractivity contribution >= 4 is 23.5 Å². The van der Waals surface area contributed by atoms with Crippen molar-refractivity contribution in [2.75, 3.05) is 13.7 Å². The molecule has 24 heavy (non-hydrogen) atoms. The van der Waals surface area contributed by atoms with Gasteiger partial charge in [-0.25, -0.2) is 4.68 Å². The summed E-state index contributed by atoms with van der Waals surface area (Å²) in [5.74, 6) is -0.836. The first kappa shape index (κ1) is 17.7. The average molecular weight is 350 g/mol. The molecule has 7 nitrogen and oxygen atoms in total. The monoisotopic (exact) mass is 349 g/mol. The predicted octanol–water partition coefficient (Wildman–Crippen LogP) is 1.24. The van der Waals surface area contributed by atoms with Crippen molar-refractivity contribution < 1.29 is 14.3 Å². The highest BCUT2D eigenvalue weighted by Crippen LogP contribution is 2.18. The normalized spacial score (nSPS) is 10.2. The van der Waals surface area contributed by atoms with E-state index in [1.807, 2.05) is 0 Å². The van der Waals surface area contributed by atoms with Crippen molar-refractivity contribution in [3.8, 4) is 11.3 Å². The fourth-order valence-electron chi connectivity index (χ4n) is 1.93. The molecule has 8 heteroatoms. The van der Waals surface area contributed by atoms with Crippen LogP contribution in [0.2, 0.25) is 5.02 Å². The summed E-state index contributed by atoms with van der Waals surface area (Å²) in [6.45, 7) is -0.0986. The zero-order valence-corrected chi connectivity index (χ0v) is 13.7. The molecule has 0 aliphatic rings. The molecule has 0 aliphatic heterocycles. The van der Waals surface area contributed by atoms with Crippen molar-refractivity contribution in [1.82, 2.24) is 15.1 Å². The molecule has 0 atom stereocenters. The van der Waals surface area contributed by atoms with Crippen LogP contribution in [0.15, 0.2) is 41.2 Å². The van der Waals surface area contributed by atoms with E-state index in [0.717, 1.165) is 10.2 Å². The number of carbonyl (C=O) groups is 2. The number of esters is 1. The standard InChI is InChI=1S/C16H16ClN3O4/c1-24-16(23)8-9-18-14(21)10-20-15(22)7-6-13(19-20)11-2-4-12(17)5-3-11/h2-7H,8-10H2,1H3,(H,18,21). The van der Waals surface area contributed by atoms with Gasteiger partial charge in [0, 0.05) is 23.2 Å². The molecule has 1 aromatic carbocycles. The molecule has 2 aromatic rings. The molecule has 2 rings (SSSR count). The lowest BCUT2D eigenvalue weighted by atomic mass is 10.1. The van der Waals surface area contributed by atoms with Gasteiger partial charge in [-0.3, -0.25) is 14.4 Å². The second kappa shape index (κ2) is 8.26. The number of aromatic nitrogens is 2. The Kier molecular flexibility index (Phi) is 6.08. The minimum absolute atomic E-state index is 0.0649. The third-order valence-electron chi connectivity index (χ3n) is 3.18. The molecule has 0 radical (unpaired) electrons. The number of carbonyl (C=O) groups excluding carboxylic acids is 2. The third-order valence-corrected chi connectivity index (χ3v) is 3.43. The lowest BCUT2D eigenvalue weighted by Gasteiger charge is -2.08. The third kappa shape index (κ3) is 4.92. The van der Waals surface area contributed by atoms with Crippen LogP contribution in [-0.2, 0) is 20.9 Å². The van der Waals surface area contributed by atoms with E-state index >= 15 is 0 Å². The van der Waals surface area contributed by atoms with Crippen LogP contribution in [0.1, 0.15) is 6.42 Å². The number of benzene rings is 1. The van der Waals surface area contributed by atoms with E-state index < -0.39 is 17.4 Å². The minimum atomic E-state index is -0.421. The van der Waals surface area contributed by atoms with E-state index in [2.05, 4.69) is 15.2 Å². The van der Waals surface area contributed by atoms with Crippen LogP contribution < -0.4 is 10.9 Å². The van der Waals surface area contributed by atoms with Gasteiger partial charge in [0.2, 0.25) is 5.91 Å². The highest BCUT2D eigenvalue weighted by atomic mass is 35.5. The number of nitrogens with zero attached hydrogens (tertiary/aromatic N) is 2. The maximum atomic E-state index is 11.8. The number of ether oxygens (including phenoxy) is 1. The Hall–Kier alpha value is -2.67. The maximum Gasteiger partial charge on any atom is 0.307 e. The summed E-state index contributed by atoms with van der Waals surface area (Å²) in [7, 11) is 1.27. The van der Waals surface area contributed by atoms with Gasteiger partial charge in [-0.1, -0.05) is 23.7 Å². The lowest BCUT2D eigenvalue weighted by molar-refractivity contribution is -0.140. The zero-order valence-electron chi connectivity index (χ0n) is 13.0. The van der Waals surface area contributed by atoms with Gasteiger partial charge in [-0.05, 0) is 18.2 Å².